The van der Waals surface area contributed by atoms with E-state index in [-0.39, 0.29) is 17.4 Å². The molecule has 0 spiro atoms. The first-order valence-corrected chi connectivity index (χ1v) is 4.50. The molecule has 4 nitrogen and oxygen atoms in total. The van der Waals surface area contributed by atoms with Gasteiger partial charge in [-0.1, -0.05) is 6.92 Å². The zero-order chi connectivity index (χ0) is 10.1. The highest BCUT2D eigenvalue weighted by atomic mass is 16.4. The Hall–Kier alpha value is -1.06. The van der Waals surface area contributed by atoms with E-state index >= 15 is 0 Å². The largest absolute Gasteiger partial charge is 0.481 e. The summed E-state index contributed by atoms with van der Waals surface area (Å²) in [5, 5.41) is 11.5. The van der Waals surface area contributed by atoms with E-state index in [1.807, 2.05) is 6.92 Å². The first kappa shape index (κ1) is 10.0. The van der Waals surface area contributed by atoms with Crippen LogP contribution in [-0.2, 0) is 9.59 Å². The molecule has 13 heavy (non-hydrogen) atoms. The summed E-state index contributed by atoms with van der Waals surface area (Å²) in [4.78, 5) is 21.6. The second-order valence-electron chi connectivity index (χ2n) is 3.91. The van der Waals surface area contributed by atoms with Gasteiger partial charge in [-0.3, -0.25) is 9.59 Å². The summed E-state index contributed by atoms with van der Waals surface area (Å²) in [6.07, 6.45) is 1.55. The van der Waals surface area contributed by atoms with Gasteiger partial charge in [-0.2, -0.15) is 0 Å². The Morgan fingerprint density at radius 3 is 2.46 bits per heavy atom. The molecule has 1 aliphatic rings. The summed E-state index contributed by atoms with van der Waals surface area (Å²) >= 11 is 0. The van der Waals surface area contributed by atoms with E-state index in [0.29, 0.717) is 19.3 Å². The molecule has 2 N–H and O–H groups in total. The van der Waals surface area contributed by atoms with Gasteiger partial charge in [0, 0.05) is 12.0 Å². The third-order valence-corrected chi connectivity index (χ3v) is 2.51. The van der Waals surface area contributed by atoms with Gasteiger partial charge in [0.25, 0.3) is 0 Å². The van der Waals surface area contributed by atoms with Gasteiger partial charge in [0.2, 0.25) is 5.91 Å². The van der Waals surface area contributed by atoms with E-state index in [2.05, 4.69) is 5.32 Å². The molecule has 4 heteroatoms. The van der Waals surface area contributed by atoms with E-state index in [0.717, 1.165) is 0 Å². The Morgan fingerprint density at radius 2 is 2.08 bits per heavy atom. The van der Waals surface area contributed by atoms with Gasteiger partial charge < -0.3 is 10.4 Å². The van der Waals surface area contributed by atoms with Crippen molar-refractivity contribution in [2.45, 2.75) is 38.6 Å². The summed E-state index contributed by atoms with van der Waals surface area (Å²) in [5.41, 5.74) is -0.282. The van der Waals surface area contributed by atoms with Crippen molar-refractivity contribution in [3.05, 3.63) is 0 Å². The zero-order valence-electron chi connectivity index (χ0n) is 7.96. The van der Waals surface area contributed by atoms with Gasteiger partial charge in [0.15, 0.2) is 0 Å². The predicted octanol–water partition coefficient (Wildman–Crippen LogP) is 0.766. The first-order valence-electron chi connectivity index (χ1n) is 4.50. The fourth-order valence-corrected chi connectivity index (χ4v) is 1.73. The van der Waals surface area contributed by atoms with Crippen LogP contribution in [0.1, 0.15) is 33.1 Å². The Balaban J connectivity index is 2.38. The average molecular weight is 185 g/mol. The maximum Gasteiger partial charge on any atom is 0.306 e. The van der Waals surface area contributed by atoms with Crippen LogP contribution >= 0.6 is 0 Å². The smallest absolute Gasteiger partial charge is 0.306 e. The van der Waals surface area contributed by atoms with Crippen molar-refractivity contribution in [1.29, 1.82) is 0 Å². The van der Waals surface area contributed by atoms with Gasteiger partial charge in [-0.15, -0.1) is 0 Å². The van der Waals surface area contributed by atoms with Crippen molar-refractivity contribution in [2.24, 2.45) is 5.92 Å². The second kappa shape index (κ2) is 3.36. The van der Waals surface area contributed by atoms with Crippen molar-refractivity contribution >= 4 is 11.9 Å². The number of carbonyl (C=O) groups excluding carboxylic acids is 1. The van der Waals surface area contributed by atoms with Crippen molar-refractivity contribution in [3.63, 3.8) is 0 Å². The van der Waals surface area contributed by atoms with Crippen LogP contribution in [-0.4, -0.2) is 22.5 Å². The van der Waals surface area contributed by atoms with Crippen molar-refractivity contribution in [3.8, 4) is 0 Å². The molecule has 0 saturated heterocycles. The number of carboxylic acid groups (broad SMARTS) is 1. The van der Waals surface area contributed by atoms with E-state index < -0.39 is 5.97 Å². The molecule has 0 aromatic carbocycles. The summed E-state index contributed by atoms with van der Waals surface area (Å²) in [6.45, 7) is 3.67. The highest BCUT2D eigenvalue weighted by Crippen LogP contribution is 2.37. The summed E-state index contributed by atoms with van der Waals surface area (Å²) in [6, 6.07) is 0. The van der Waals surface area contributed by atoms with Crippen LogP contribution < -0.4 is 5.32 Å². The Morgan fingerprint density at radius 1 is 1.54 bits per heavy atom. The number of rotatable bonds is 3. The maximum atomic E-state index is 11.0. The zero-order valence-corrected chi connectivity index (χ0v) is 7.96. The molecule has 0 heterocycles. The fourth-order valence-electron chi connectivity index (χ4n) is 1.73. The Bertz CT molecular complexity index is 231. The third kappa shape index (κ3) is 2.20. The molecular weight excluding hydrogens is 170 g/mol. The van der Waals surface area contributed by atoms with Crippen LogP contribution in [0.25, 0.3) is 0 Å². The molecule has 0 aliphatic heterocycles. The standard InChI is InChI=1S/C9H15NO3/c1-3-7(11)10-9(2)4-6(5-9)8(12)13/h6H,3-5H2,1-2H3,(H,10,11)(H,12,13)/t6-,9+. The lowest BCUT2D eigenvalue weighted by atomic mass is 9.69. The van der Waals surface area contributed by atoms with Crippen LogP contribution in [0.3, 0.4) is 0 Å². The lowest BCUT2D eigenvalue weighted by Gasteiger charge is -2.43. The summed E-state index contributed by atoms with van der Waals surface area (Å²) < 4.78 is 0. The molecule has 0 radical (unpaired) electrons. The van der Waals surface area contributed by atoms with E-state index in [9.17, 15) is 9.59 Å². The summed E-state index contributed by atoms with van der Waals surface area (Å²) in [5.74, 6) is -1.04. The number of nitrogens with one attached hydrogen (secondary N) is 1. The highest BCUT2D eigenvalue weighted by molar-refractivity contribution is 5.78. The molecule has 0 aromatic heterocycles. The molecule has 1 rings (SSSR count). The maximum absolute atomic E-state index is 11.0. The quantitative estimate of drug-likeness (QED) is 0.682. The molecule has 0 aromatic rings. The van der Waals surface area contributed by atoms with Crippen molar-refractivity contribution in [1.82, 2.24) is 5.32 Å². The normalized spacial score (nSPS) is 32.0. The third-order valence-electron chi connectivity index (χ3n) is 2.51. The molecule has 0 bridgehead atoms. The van der Waals surface area contributed by atoms with Gasteiger partial charge in [-0.25, -0.2) is 0 Å². The average Bonchev–Trinajstić information content (AvgIpc) is 1.99. The monoisotopic (exact) mass is 185 g/mol. The molecular formula is C9H15NO3. The number of carbonyl (C=O) groups is 2. The molecule has 74 valence electrons. The van der Waals surface area contributed by atoms with Gasteiger partial charge in [-0.05, 0) is 19.8 Å². The molecule has 1 fully saturated rings. The highest BCUT2D eigenvalue weighted by Gasteiger charge is 2.44. The lowest BCUT2D eigenvalue weighted by Crippen LogP contribution is -2.56. The van der Waals surface area contributed by atoms with Crippen LogP contribution in [0.4, 0.5) is 0 Å². The Labute approximate surface area is 77.3 Å². The number of hydrogen-bond acceptors (Lipinski definition) is 2. The fraction of sp³-hybridized carbons (Fsp3) is 0.778. The van der Waals surface area contributed by atoms with Gasteiger partial charge >= 0.3 is 5.97 Å². The van der Waals surface area contributed by atoms with Crippen LogP contribution in [0.15, 0.2) is 0 Å². The number of aliphatic carboxylic acids is 1. The molecule has 1 aliphatic carbocycles. The topological polar surface area (TPSA) is 66.4 Å². The number of carboxylic acids is 1. The van der Waals surface area contributed by atoms with E-state index in [4.69, 9.17) is 5.11 Å². The predicted molar refractivity (Wildman–Crippen MR) is 47.2 cm³/mol. The second-order valence-corrected chi connectivity index (χ2v) is 3.91. The van der Waals surface area contributed by atoms with Crippen LogP contribution in [0, 0.1) is 5.92 Å². The first-order chi connectivity index (χ1) is 5.97. The van der Waals surface area contributed by atoms with Gasteiger partial charge in [0.1, 0.15) is 0 Å². The minimum Gasteiger partial charge on any atom is -0.481 e. The van der Waals surface area contributed by atoms with E-state index in [1.165, 1.54) is 0 Å². The number of hydrogen-bond donors (Lipinski definition) is 2. The lowest BCUT2D eigenvalue weighted by molar-refractivity contribution is -0.148. The minimum absolute atomic E-state index is 0.00802. The van der Waals surface area contributed by atoms with Crippen LogP contribution in [0.5, 0.6) is 0 Å². The Kier molecular flexibility index (Phi) is 2.59. The summed E-state index contributed by atoms with van der Waals surface area (Å²) in [7, 11) is 0. The molecule has 1 saturated carbocycles. The van der Waals surface area contributed by atoms with Crippen molar-refractivity contribution in [2.75, 3.05) is 0 Å². The minimum atomic E-state index is -0.761. The molecule has 0 unspecified atom stereocenters. The van der Waals surface area contributed by atoms with Crippen LogP contribution in [0.2, 0.25) is 0 Å². The van der Waals surface area contributed by atoms with Crippen molar-refractivity contribution < 1.29 is 14.7 Å². The molecule has 1 amide bonds. The SMILES string of the molecule is CCC(=O)N[C@]1(C)C[C@H](C(=O)O)C1. The number of amides is 1. The van der Waals surface area contributed by atoms with Gasteiger partial charge in [0.05, 0.1) is 5.92 Å². The molecule has 0 atom stereocenters. The van der Waals surface area contributed by atoms with E-state index in [1.54, 1.807) is 6.92 Å².